The van der Waals surface area contributed by atoms with Crippen LogP contribution in [0.1, 0.15) is 40.7 Å². The first-order valence-electron chi connectivity index (χ1n) is 10.4. The van der Waals surface area contributed by atoms with Crippen molar-refractivity contribution in [1.29, 1.82) is 0 Å². The van der Waals surface area contributed by atoms with E-state index >= 15 is 0 Å². The molecule has 0 aliphatic carbocycles. The third-order valence-corrected chi connectivity index (χ3v) is 6.45. The number of ether oxygens (including phenoxy) is 1. The Morgan fingerprint density at radius 2 is 1.38 bits per heavy atom. The van der Waals surface area contributed by atoms with Crippen molar-refractivity contribution in [2.24, 2.45) is 0 Å². The van der Waals surface area contributed by atoms with Crippen LogP contribution in [0.4, 0.5) is 0 Å². The van der Waals surface area contributed by atoms with E-state index < -0.39 is 0 Å². The predicted octanol–water partition coefficient (Wildman–Crippen LogP) is 5.72. The molecule has 3 aromatic rings. The maximum atomic E-state index is 6.13. The van der Waals surface area contributed by atoms with Gasteiger partial charge < -0.3 is 4.74 Å². The van der Waals surface area contributed by atoms with Gasteiger partial charge in [0.05, 0.1) is 13.2 Å². The van der Waals surface area contributed by atoms with Crippen molar-refractivity contribution in [3.8, 4) is 0 Å². The molecule has 5 rings (SSSR count). The summed E-state index contributed by atoms with van der Waals surface area (Å²) in [4.78, 5) is 2.58. The molecule has 2 heterocycles. The van der Waals surface area contributed by atoms with Gasteiger partial charge in [-0.2, -0.15) is 0 Å². The molecule has 0 fully saturated rings. The number of nitrogens with zero attached hydrogens (tertiary/aromatic N) is 1. The van der Waals surface area contributed by atoms with E-state index in [0.717, 1.165) is 39.3 Å². The molecule has 0 aromatic heterocycles. The number of benzene rings is 3. The molecule has 0 saturated carbocycles. The lowest BCUT2D eigenvalue weighted by Gasteiger charge is -2.40. The predicted molar refractivity (Wildman–Crippen MR) is 120 cm³/mol. The van der Waals surface area contributed by atoms with E-state index in [1.54, 1.807) is 0 Å². The Hall–Kier alpha value is -2.13. The molecular formula is C26H28ClNO. The highest BCUT2D eigenvalue weighted by Gasteiger charge is 2.38. The molecule has 0 bridgehead atoms. The van der Waals surface area contributed by atoms with Crippen LogP contribution in [0, 0.1) is 0 Å². The first-order chi connectivity index (χ1) is 13.9. The van der Waals surface area contributed by atoms with Gasteiger partial charge in [0.1, 0.15) is 0 Å². The SMILES string of the molecule is Cl.c1ccc(C2(CCCN3Cc4ccccc4C3)COCc3ccccc32)cc1. The van der Waals surface area contributed by atoms with Crippen LogP contribution in [0.3, 0.4) is 0 Å². The van der Waals surface area contributed by atoms with Gasteiger partial charge in [-0.3, -0.25) is 4.90 Å². The molecule has 0 N–H and O–H groups in total. The zero-order valence-electron chi connectivity index (χ0n) is 16.7. The number of hydrogen-bond donors (Lipinski definition) is 0. The fourth-order valence-corrected chi connectivity index (χ4v) is 5.04. The van der Waals surface area contributed by atoms with Crippen LogP contribution in [0.25, 0.3) is 0 Å². The lowest BCUT2D eigenvalue weighted by molar-refractivity contribution is 0.0600. The van der Waals surface area contributed by atoms with Crippen molar-refractivity contribution >= 4 is 12.4 Å². The molecule has 0 saturated heterocycles. The Balaban J connectivity index is 0.00000205. The summed E-state index contributed by atoms with van der Waals surface area (Å²) in [5.41, 5.74) is 7.12. The molecule has 1 unspecified atom stereocenters. The van der Waals surface area contributed by atoms with E-state index in [1.807, 2.05) is 0 Å². The van der Waals surface area contributed by atoms with Crippen molar-refractivity contribution < 1.29 is 4.74 Å². The Labute approximate surface area is 179 Å². The van der Waals surface area contributed by atoms with Gasteiger partial charge in [0.2, 0.25) is 0 Å². The van der Waals surface area contributed by atoms with Crippen molar-refractivity contribution in [1.82, 2.24) is 4.90 Å². The second-order valence-electron chi connectivity index (χ2n) is 8.18. The molecule has 0 spiro atoms. The second-order valence-corrected chi connectivity index (χ2v) is 8.18. The highest BCUT2D eigenvalue weighted by Crippen LogP contribution is 2.42. The zero-order valence-corrected chi connectivity index (χ0v) is 17.5. The van der Waals surface area contributed by atoms with Crippen molar-refractivity contribution in [3.63, 3.8) is 0 Å². The molecule has 3 aromatic carbocycles. The summed E-state index contributed by atoms with van der Waals surface area (Å²) in [6, 6.07) is 28.7. The van der Waals surface area contributed by atoms with Crippen LogP contribution in [0.2, 0.25) is 0 Å². The van der Waals surface area contributed by atoms with Crippen molar-refractivity contribution in [3.05, 3.63) is 107 Å². The van der Waals surface area contributed by atoms with Gasteiger partial charge in [0, 0.05) is 18.5 Å². The van der Waals surface area contributed by atoms with Gasteiger partial charge in [-0.25, -0.2) is 0 Å². The second kappa shape index (κ2) is 8.71. The summed E-state index contributed by atoms with van der Waals surface area (Å²) in [5.74, 6) is 0. The Kier molecular flexibility index (Phi) is 6.05. The summed E-state index contributed by atoms with van der Waals surface area (Å²) in [7, 11) is 0. The number of hydrogen-bond acceptors (Lipinski definition) is 2. The van der Waals surface area contributed by atoms with E-state index in [4.69, 9.17) is 4.74 Å². The summed E-state index contributed by atoms with van der Waals surface area (Å²) >= 11 is 0. The maximum Gasteiger partial charge on any atom is 0.0720 e. The number of fused-ring (bicyclic) bond motifs is 2. The van der Waals surface area contributed by atoms with Gasteiger partial charge in [-0.05, 0) is 47.2 Å². The first kappa shape index (κ1) is 20.2. The van der Waals surface area contributed by atoms with Crippen LogP contribution in [-0.4, -0.2) is 18.1 Å². The van der Waals surface area contributed by atoms with Gasteiger partial charge in [0.25, 0.3) is 0 Å². The Morgan fingerprint density at radius 1 is 0.759 bits per heavy atom. The molecule has 1 atom stereocenters. The minimum Gasteiger partial charge on any atom is -0.375 e. The van der Waals surface area contributed by atoms with E-state index in [1.165, 1.54) is 34.2 Å². The molecular weight excluding hydrogens is 378 g/mol. The summed E-state index contributed by atoms with van der Waals surface area (Å²) in [6.07, 6.45) is 2.28. The van der Waals surface area contributed by atoms with Crippen LogP contribution in [0.15, 0.2) is 78.9 Å². The van der Waals surface area contributed by atoms with Gasteiger partial charge in [-0.15, -0.1) is 12.4 Å². The van der Waals surface area contributed by atoms with E-state index in [2.05, 4.69) is 83.8 Å². The molecule has 2 aliphatic rings. The monoisotopic (exact) mass is 405 g/mol. The minimum absolute atomic E-state index is 0. The Morgan fingerprint density at radius 3 is 2.10 bits per heavy atom. The lowest BCUT2D eigenvalue weighted by Crippen LogP contribution is -2.38. The third kappa shape index (κ3) is 3.85. The van der Waals surface area contributed by atoms with Gasteiger partial charge in [0.15, 0.2) is 0 Å². The molecule has 150 valence electrons. The average Bonchev–Trinajstić information content (AvgIpc) is 3.17. The van der Waals surface area contributed by atoms with Crippen molar-refractivity contribution in [2.75, 3.05) is 13.2 Å². The quantitative estimate of drug-likeness (QED) is 0.538. The molecule has 0 radical (unpaired) electrons. The number of rotatable bonds is 5. The van der Waals surface area contributed by atoms with Crippen LogP contribution in [-0.2, 0) is 29.8 Å². The fraction of sp³-hybridized carbons (Fsp3) is 0.308. The standard InChI is InChI=1S/C26H27NO.ClH/c1-2-12-24(13-3-1)26(20-28-19-23-11-6-7-14-25(23)26)15-8-16-27-17-21-9-4-5-10-22(21)18-27;/h1-7,9-14H,8,15-20H2;1H. The zero-order chi connectivity index (χ0) is 18.8. The molecule has 0 amide bonds. The lowest BCUT2D eigenvalue weighted by atomic mass is 9.69. The topological polar surface area (TPSA) is 12.5 Å². The van der Waals surface area contributed by atoms with E-state index in [-0.39, 0.29) is 17.8 Å². The average molecular weight is 406 g/mol. The third-order valence-electron chi connectivity index (χ3n) is 6.45. The fourth-order valence-electron chi connectivity index (χ4n) is 5.04. The Bertz CT molecular complexity index is 933. The highest BCUT2D eigenvalue weighted by molar-refractivity contribution is 5.85. The number of halogens is 1. The first-order valence-corrected chi connectivity index (χ1v) is 10.4. The molecule has 2 aliphatic heterocycles. The van der Waals surface area contributed by atoms with Crippen LogP contribution >= 0.6 is 12.4 Å². The molecule has 2 nitrogen and oxygen atoms in total. The van der Waals surface area contributed by atoms with Crippen LogP contribution < -0.4 is 0 Å². The minimum atomic E-state index is -0.0390. The van der Waals surface area contributed by atoms with Crippen molar-refractivity contribution in [2.45, 2.75) is 38.0 Å². The molecule has 3 heteroatoms. The largest absolute Gasteiger partial charge is 0.375 e. The van der Waals surface area contributed by atoms with Crippen LogP contribution in [0.5, 0.6) is 0 Å². The van der Waals surface area contributed by atoms with E-state index in [9.17, 15) is 0 Å². The highest BCUT2D eigenvalue weighted by atomic mass is 35.5. The van der Waals surface area contributed by atoms with E-state index in [0.29, 0.717) is 0 Å². The molecule has 29 heavy (non-hydrogen) atoms. The smallest absolute Gasteiger partial charge is 0.0720 e. The summed E-state index contributed by atoms with van der Waals surface area (Å²) < 4.78 is 6.13. The van der Waals surface area contributed by atoms with Gasteiger partial charge >= 0.3 is 0 Å². The summed E-state index contributed by atoms with van der Waals surface area (Å²) in [6.45, 7) is 4.80. The summed E-state index contributed by atoms with van der Waals surface area (Å²) in [5, 5.41) is 0. The van der Waals surface area contributed by atoms with Gasteiger partial charge in [-0.1, -0.05) is 78.9 Å². The normalized spacial score (nSPS) is 20.6. The maximum absolute atomic E-state index is 6.13.